The van der Waals surface area contributed by atoms with Crippen LogP contribution < -0.4 is 0 Å². The van der Waals surface area contributed by atoms with Crippen molar-refractivity contribution in [3.63, 3.8) is 0 Å². The van der Waals surface area contributed by atoms with Gasteiger partial charge in [0, 0.05) is 6.61 Å². The number of rotatable bonds is 4. The number of ether oxygens (including phenoxy) is 1. The Morgan fingerprint density at radius 3 is 2.50 bits per heavy atom. The second-order valence-corrected chi connectivity index (χ2v) is 2.24. The molecule has 0 spiro atoms. The third kappa shape index (κ3) is 2.78. The van der Waals surface area contributed by atoms with E-state index in [4.69, 9.17) is 4.74 Å². The van der Waals surface area contributed by atoms with Crippen molar-refractivity contribution in [1.82, 2.24) is 0 Å². The van der Waals surface area contributed by atoms with Crippen LogP contribution in [0.5, 0.6) is 0 Å². The highest BCUT2D eigenvalue weighted by Gasteiger charge is 2.11. The van der Waals surface area contributed by atoms with Crippen LogP contribution in [0.25, 0.3) is 0 Å². The van der Waals surface area contributed by atoms with Gasteiger partial charge in [0.25, 0.3) is 0 Å². The van der Waals surface area contributed by atoms with Crippen LogP contribution in [0.15, 0.2) is 12.2 Å². The van der Waals surface area contributed by atoms with E-state index < -0.39 is 0 Å². The van der Waals surface area contributed by atoms with E-state index in [1.165, 1.54) is 0 Å². The number of hydrogen-bond acceptors (Lipinski definition) is 2. The van der Waals surface area contributed by atoms with Crippen LogP contribution in [0.4, 0.5) is 0 Å². The first-order valence-electron chi connectivity index (χ1n) is 3.41. The predicted molar refractivity (Wildman–Crippen MR) is 40.9 cm³/mol. The van der Waals surface area contributed by atoms with Crippen molar-refractivity contribution in [2.45, 2.75) is 26.9 Å². The summed E-state index contributed by atoms with van der Waals surface area (Å²) in [4.78, 5) is 11.0. The van der Waals surface area contributed by atoms with Crippen LogP contribution in [0.3, 0.4) is 0 Å². The average Bonchev–Trinajstić information content (AvgIpc) is 1.87. The maximum atomic E-state index is 11.0. The molecule has 2 heteroatoms. The Kier molecular flexibility index (Phi) is 3.96. The highest BCUT2D eigenvalue weighted by molar-refractivity contribution is 5.97. The van der Waals surface area contributed by atoms with E-state index in [9.17, 15) is 4.79 Å². The Morgan fingerprint density at radius 2 is 2.20 bits per heavy atom. The first-order valence-corrected chi connectivity index (χ1v) is 3.41. The molecule has 1 atom stereocenters. The number of ketones is 1. The Hall–Kier alpha value is -0.630. The molecule has 10 heavy (non-hydrogen) atoms. The highest BCUT2D eigenvalue weighted by Crippen LogP contribution is 1.99. The van der Waals surface area contributed by atoms with Crippen LogP contribution in [0.1, 0.15) is 20.8 Å². The van der Waals surface area contributed by atoms with Crippen molar-refractivity contribution >= 4 is 5.78 Å². The molecule has 0 amide bonds. The Labute approximate surface area is 61.9 Å². The number of hydrogen-bond donors (Lipinski definition) is 0. The van der Waals surface area contributed by atoms with Gasteiger partial charge in [-0.15, -0.1) is 0 Å². The molecule has 0 aromatic heterocycles. The SMILES string of the molecule is C=C(C)C(=O)C(C)OCC. The molecule has 0 aliphatic rings. The maximum absolute atomic E-state index is 11.0. The molecule has 2 nitrogen and oxygen atoms in total. The zero-order valence-corrected chi connectivity index (χ0v) is 6.81. The molecule has 0 saturated heterocycles. The molecule has 1 unspecified atom stereocenters. The third-order valence-electron chi connectivity index (χ3n) is 1.21. The average molecular weight is 142 g/mol. The lowest BCUT2D eigenvalue weighted by Gasteiger charge is -2.08. The third-order valence-corrected chi connectivity index (χ3v) is 1.21. The summed E-state index contributed by atoms with van der Waals surface area (Å²) in [5, 5.41) is 0. The summed E-state index contributed by atoms with van der Waals surface area (Å²) in [7, 11) is 0. The first-order chi connectivity index (χ1) is 4.59. The van der Waals surface area contributed by atoms with Gasteiger partial charge in [0.05, 0.1) is 0 Å². The molecule has 0 aliphatic carbocycles. The normalized spacial score (nSPS) is 12.7. The van der Waals surface area contributed by atoms with Crippen LogP contribution in [0.2, 0.25) is 0 Å². The molecule has 0 heterocycles. The standard InChI is InChI=1S/C8H14O2/c1-5-10-7(4)8(9)6(2)3/h7H,2,5H2,1,3-4H3. The van der Waals surface area contributed by atoms with Crippen molar-refractivity contribution in [2.24, 2.45) is 0 Å². The second-order valence-electron chi connectivity index (χ2n) is 2.24. The van der Waals surface area contributed by atoms with Crippen LogP contribution in [0, 0.1) is 0 Å². The Balaban J connectivity index is 3.82. The monoisotopic (exact) mass is 142 g/mol. The minimum absolute atomic E-state index is 0.0122. The molecular weight excluding hydrogens is 128 g/mol. The van der Waals surface area contributed by atoms with Crippen molar-refractivity contribution < 1.29 is 9.53 Å². The van der Waals surface area contributed by atoms with E-state index in [-0.39, 0.29) is 11.9 Å². The quantitative estimate of drug-likeness (QED) is 0.557. The molecule has 0 aromatic rings. The lowest BCUT2D eigenvalue weighted by Crippen LogP contribution is -2.20. The van der Waals surface area contributed by atoms with E-state index in [1.807, 2.05) is 6.92 Å². The van der Waals surface area contributed by atoms with Crippen LogP contribution in [-0.4, -0.2) is 18.5 Å². The summed E-state index contributed by atoms with van der Waals surface area (Å²) >= 11 is 0. The molecule has 0 fully saturated rings. The maximum Gasteiger partial charge on any atom is 0.186 e. The van der Waals surface area contributed by atoms with Crippen LogP contribution >= 0.6 is 0 Å². The van der Waals surface area contributed by atoms with E-state index in [1.54, 1.807) is 13.8 Å². The van der Waals surface area contributed by atoms with E-state index in [2.05, 4.69) is 6.58 Å². The molecule has 0 N–H and O–H groups in total. The summed E-state index contributed by atoms with van der Waals surface area (Å²) in [5.74, 6) is -0.0122. The van der Waals surface area contributed by atoms with E-state index in [0.29, 0.717) is 12.2 Å². The lowest BCUT2D eigenvalue weighted by molar-refractivity contribution is -0.125. The van der Waals surface area contributed by atoms with Gasteiger partial charge in [-0.05, 0) is 26.3 Å². The lowest BCUT2D eigenvalue weighted by atomic mass is 10.1. The molecule has 58 valence electrons. The first kappa shape index (κ1) is 9.37. The molecule has 0 aromatic carbocycles. The van der Waals surface area contributed by atoms with Crippen molar-refractivity contribution in [3.8, 4) is 0 Å². The minimum Gasteiger partial charge on any atom is -0.371 e. The van der Waals surface area contributed by atoms with Gasteiger partial charge in [-0.25, -0.2) is 0 Å². The molecule has 0 bridgehead atoms. The van der Waals surface area contributed by atoms with Gasteiger partial charge in [-0.2, -0.15) is 0 Å². The van der Waals surface area contributed by atoms with Gasteiger partial charge < -0.3 is 4.74 Å². The van der Waals surface area contributed by atoms with Crippen molar-refractivity contribution in [3.05, 3.63) is 12.2 Å². The fraction of sp³-hybridized carbons (Fsp3) is 0.625. The summed E-state index contributed by atoms with van der Waals surface area (Å²) in [5.41, 5.74) is 0.556. The highest BCUT2D eigenvalue weighted by atomic mass is 16.5. The van der Waals surface area contributed by atoms with Gasteiger partial charge >= 0.3 is 0 Å². The number of Topliss-reactive ketones (excluding diaryl/α,β-unsaturated/α-hetero) is 1. The van der Waals surface area contributed by atoms with E-state index in [0.717, 1.165) is 0 Å². The second kappa shape index (κ2) is 4.23. The van der Waals surface area contributed by atoms with Gasteiger partial charge in [0.2, 0.25) is 0 Å². The molecule has 0 radical (unpaired) electrons. The summed E-state index contributed by atoms with van der Waals surface area (Å²) in [6, 6.07) is 0. The van der Waals surface area contributed by atoms with Gasteiger partial charge in [-0.1, -0.05) is 6.58 Å². The fourth-order valence-corrected chi connectivity index (χ4v) is 0.673. The van der Waals surface area contributed by atoms with Crippen molar-refractivity contribution in [2.75, 3.05) is 6.61 Å². The van der Waals surface area contributed by atoms with E-state index >= 15 is 0 Å². The molecule has 0 aliphatic heterocycles. The minimum atomic E-state index is -0.331. The summed E-state index contributed by atoms with van der Waals surface area (Å²) < 4.78 is 5.05. The zero-order valence-electron chi connectivity index (χ0n) is 6.81. The fourth-order valence-electron chi connectivity index (χ4n) is 0.673. The Morgan fingerprint density at radius 1 is 1.70 bits per heavy atom. The van der Waals surface area contributed by atoms with Crippen LogP contribution in [-0.2, 0) is 9.53 Å². The van der Waals surface area contributed by atoms with Gasteiger partial charge in [-0.3, -0.25) is 4.79 Å². The topological polar surface area (TPSA) is 26.3 Å². The molecule has 0 rings (SSSR count). The smallest absolute Gasteiger partial charge is 0.186 e. The Bertz CT molecular complexity index is 138. The largest absolute Gasteiger partial charge is 0.371 e. The summed E-state index contributed by atoms with van der Waals surface area (Å²) in [6.45, 7) is 9.39. The number of carbonyl (C=O) groups is 1. The summed E-state index contributed by atoms with van der Waals surface area (Å²) in [6.07, 6.45) is -0.331. The predicted octanol–water partition coefficient (Wildman–Crippen LogP) is 1.56. The number of carbonyl (C=O) groups excluding carboxylic acids is 1. The van der Waals surface area contributed by atoms with Gasteiger partial charge in [0.15, 0.2) is 5.78 Å². The van der Waals surface area contributed by atoms with Gasteiger partial charge in [0.1, 0.15) is 6.10 Å². The molecular formula is C8H14O2. The zero-order chi connectivity index (χ0) is 8.15. The molecule has 0 saturated carbocycles. The van der Waals surface area contributed by atoms with Crippen molar-refractivity contribution in [1.29, 1.82) is 0 Å².